The first-order chi connectivity index (χ1) is 12.0. The van der Waals surface area contributed by atoms with E-state index in [1.165, 1.54) is 0 Å². The van der Waals surface area contributed by atoms with Gasteiger partial charge in [0.15, 0.2) is 17.5 Å². The minimum absolute atomic E-state index is 0. The highest BCUT2D eigenvalue weighted by molar-refractivity contribution is 14.0. The Hall–Kier alpha value is -1.22. The molecule has 0 atom stereocenters. The molecule has 0 aliphatic rings. The third-order valence-electron chi connectivity index (χ3n) is 3.86. The molecule has 0 amide bonds. The molecule has 0 fully saturated rings. The van der Waals surface area contributed by atoms with E-state index in [9.17, 15) is 0 Å². The van der Waals surface area contributed by atoms with E-state index < -0.39 is 0 Å². The van der Waals surface area contributed by atoms with Gasteiger partial charge in [-0.15, -0.1) is 24.0 Å². The number of benzene rings is 1. The molecule has 0 aliphatic carbocycles. The van der Waals surface area contributed by atoms with Crippen molar-refractivity contribution < 1.29 is 9.47 Å². The Balaban J connectivity index is 0.00000625. The smallest absolute Gasteiger partial charge is 0.195 e. The van der Waals surface area contributed by atoms with Gasteiger partial charge in [-0.3, -0.25) is 9.89 Å². The van der Waals surface area contributed by atoms with E-state index in [1.807, 2.05) is 25.1 Å². The van der Waals surface area contributed by atoms with E-state index in [4.69, 9.17) is 9.47 Å². The molecule has 7 heteroatoms. The first kappa shape index (κ1) is 24.8. The lowest BCUT2D eigenvalue weighted by Gasteiger charge is -2.23. The number of nitrogens with one attached hydrogen (secondary N) is 2. The molecule has 26 heavy (non-hydrogen) atoms. The fourth-order valence-corrected chi connectivity index (χ4v) is 2.54. The van der Waals surface area contributed by atoms with E-state index in [1.54, 1.807) is 7.11 Å². The number of ether oxygens (including phenoxy) is 2. The highest BCUT2D eigenvalue weighted by atomic mass is 127. The quantitative estimate of drug-likeness (QED) is 0.304. The summed E-state index contributed by atoms with van der Waals surface area (Å²) in [5.74, 6) is 2.22. The summed E-state index contributed by atoms with van der Waals surface area (Å²) in [6.45, 7) is 14.7. The molecule has 0 heterocycles. The molecule has 2 N–H and O–H groups in total. The number of hydrogen-bond acceptors (Lipinski definition) is 4. The molecule has 0 spiro atoms. The first-order valence-electron chi connectivity index (χ1n) is 9.15. The molecule has 1 aromatic rings. The summed E-state index contributed by atoms with van der Waals surface area (Å²) in [7, 11) is 1.64. The highest BCUT2D eigenvalue weighted by Crippen LogP contribution is 2.30. The monoisotopic (exact) mass is 478 g/mol. The van der Waals surface area contributed by atoms with Gasteiger partial charge in [-0.25, -0.2) is 0 Å². The zero-order chi connectivity index (χ0) is 18.7. The molecule has 0 radical (unpaired) electrons. The topological polar surface area (TPSA) is 58.1 Å². The molecule has 0 unspecified atom stereocenters. The van der Waals surface area contributed by atoms with Gasteiger partial charge in [0.05, 0.1) is 20.3 Å². The second-order valence-electron chi connectivity index (χ2n) is 5.91. The number of halogens is 1. The standard InChI is InChI=1S/C19H34N4O2.HI/c1-7-20-19(21-12-13-23(8-2)15(4)5)22-16-10-11-17(24-6)18(14-16)25-9-3;/h10-11,14-15H,7-9,12-13H2,1-6H3,(H2,20,21,22);1H. The van der Waals surface area contributed by atoms with Crippen LogP contribution in [0.4, 0.5) is 5.69 Å². The highest BCUT2D eigenvalue weighted by Gasteiger charge is 2.08. The van der Waals surface area contributed by atoms with Crippen molar-refractivity contribution >= 4 is 35.6 Å². The third kappa shape index (κ3) is 8.44. The summed E-state index contributed by atoms with van der Waals surface area (Å²) in [6.07, 6.45) is 0. The molecule has 6 nitrogen and oxygen atoms in total. The van der Waals surface area contributed by atoms with E-state index in [-0.39, 0.29) is 24.0 Å². The van der Waals surface area contributed by atoms with E-state index in [0.717, 1.165) is 49.3 Å². The summed E-state index contributed by atoms with van der Waals surface area (Å²) < 4.78 is 11.0. The molecule has 0 bridgehead atoms. The molecule has 0 aliphatic heterocycles. The first-order valence-corrected chi connectivity index (χ1v) is 9.15. The summed E-state index contributed by atoms with van der Waals surface area (Å²) in [5, 5.41) is 6.62. The maximum absolute atomic E-state index is 5.63. The molecule has 0 aromatic heterocycles. The van der Waals surface area contributed by atoms with Crippen molar-refractivity contribution in [2.24, 2.45) is 4.99 Å². The van der Waals surface area contributed by atoms with Gasteiger partial charge >= 0.3 is 0 Å². The number of hydrogen-bond donors (Lipinski definition) is 2. The van der Waals surface area contributed by atoms with Gasteiger partial charge in [-0.05, 0) is 46.4 Å². The summed E-state index contributed by atoms with van der Waals surface area (Å²) in [6, 6.07) is 6.32. The lowest BCUT2D eigenvalue weighted by Crippen LogP contribution is -2.35. The van der Waals surface area contributed by atoms with Gasteiger partial charge in [0.1, 0.15) is 0 Å². The van der Waals surface area contributed by atoms with Crippen molar-refractivity contribution in [2.45, 2.75) is 40.7 Å². The number of methoxy groups -OCH3 is 1. The van der Waals surface area contributed by atoms with Crippen molar-refractivity contribution in [3.63, 3.8) is 0 Å². The van der Waals surface area contributed by atoms with Crippen LogP contribution < -0.4 is 20.1 Å². The van der Waals surface area contributed by atoms with Gasteiger partial charge in [-0.2, -0.15) is 0 Å². The fraction of sp³-hybridized carbons (Fsp3) is 0.632. The maximum atomic E-state index is 5.63. The molecule has 150 valence electrons. The van der Waals surface area contributed by atoms with Crippen LogP contribution in [0.1, 0.15) is 34.6 Å². The van der Waals surface area contributed by atoms with Crippen LogP contribution in [0.5, 0.6) is 11.5 Å². The molecule has 0 saturated carbocycles. The second kappa shape index (κ2) is 13.9. The maximum Gasteiger partial charge on any atom is 0.195 e. The number of nitrogens with zero attached hydrogens (tertiary/aromatic N) is 2. The number of likely N-dealkylation sites (N-methyl/N-ethyl adjacent to an activating group) is 1. The average molecular weight is 478 g/mol. The molecule has 1 rings (SSSR count). The van der Waals surface area contributed by atoms with E-state index in [2.05, 4.69) is 48.2 Å². The van der Waals surface area contributed by atoms with Crippen LogP contribution in [0.2, 0.25) is 0 Å². The van der Waals surface area contributed by atoms with Crippen molar-refractivity contribution in [3.8, 4) is 11.5 Å². The second-order valence-corrected chi connectivity index (χ2v) is 5.91. The van der Waals surface area contributed by atoms with Crippen molar-refractivity contribution in [3.05, 3.63) is 18.2 Å². The Kier molecular flexibility index (Phi) is 13.3. The summed E-state index contributed by atoms with van der Waals surface area (Å²) >= 11 is 0. The minimum Gasteiger partial charge on any atom is -0.493 e. The van der Waals surface area contributed by atoms with Crippen molar-refractivity contribution in [2.75, 3.05) is 45.2 Å². The van der Waals surface area contributed by atoms with Gasteiger partial charge in [0, 0.05) is 30.9 Å². The van der Waals surface area contributed by atoms with Crippen LogP contribution in [0.3, 0.4) is 0 Å². The van der Waals surface area contributed by atoms with E-state index in [0.29, 0.717) is 12.6 Å². The van der Waals surface area contributed by atoms with Crippen LogP contribution >= 0.6 is 24.0 Å². The molecular weight excluding hydrogens is 443 g/mol. The summed E-state index contributed by atoms with van der Waals surface area (Å²) in [4.78, 5) is 7.07. The van der Waals surface area contributed by atoms with Crippen molar-refractivity contribution in [1.82, 2.24) is 10.2 Å². The lowest BCUT2D eigenvalue weighted by atomic mass is 10.2. The van der Waals surface area contributed by atoms with Crippen LogP contribution in [0.15, 0.2) is 23.2 Å². The van der Waals surface area contributed by atoms with Gasteiger partial charge < -0.3 is 20.1 Å². The van der Waals surface area contributed by atoms with Crippen LogP contribution in [0, 0.1) is 0 Å². The van der Waals surface area contributed by atoms with Gasteiger partial charge in [0.2, 0.25) is 0 Å². The Bertz CT molecular complexity index is 538. The zero-order valence-corrected chi connectivity index (χ0v) is 19.3. The fourth-order valence-electron chi connectivity index (χ4n) is 2.54. The summed E-state index contributed by atoms with van der Waals surface area (Å²) in [5.41, 5.74) is 0.917. The number of rotatable bonds is 10. The SMILES string of the molecule is CCNC(=NCCN(CC)C(C)C)Nc1ccc(OC)c(OCC)c1.I. The van der Waals surface area contributed by atoms with E-state index >= 15 is 0 Å². The minimum atomic E-state index is 0. The number of anilines is 1. The third-order valence-corrected chi connectivity index (χ3v) is 3.86. The molecular formula is C19H35IN4O2. The van der Waals surface area contributed by atoms with Crippen LogP contribution in [-0.2, 0) is 0 Å². The Labute approximate surface area is 175 Å². The average Bonchev–Trinajstić information content (AvgIpc) is 2.59. The normalized spacial score (nSPS) is 11.3. The predicted molar refractivity (Wildman–Crippen MR) is 122 cm³/mol. The van der Waals surface area contributed by atoms with Gasteiger partial charge in [0.25, 0.3) is 0 Å². The van der Waals surface area contributed by atoms with Crippen molar-refractivity contribution in [1.29, 1.82) is 0 Å². The van der Waals surface area contributed by atoms with Crippen LogP contribution in [-0.4, -0.2) is 56.8 Å². The van der Waals surface area contributed by atoms with Crippen LogP contribution in [0.25, 0.3) is 0 Å². The van der Waals surface area contributed by atoms with Gasteiger partial charge in [-0.1, -0.05) is 6.92 Å². The predicted octanol–water partition coefficient (Wildman–Crippen LogP) is 3.82. The Morgan fingerprint density at radius 2 is 1.92 bits per heavy atom. The lowest BCUT2D eigenvalue weighted by molar-refractivity contribution is 0.241. The molecule has 0 saturated heterocycles. The number of aliphatic imine (C=N–C) groups is 1. The molecule has 1 aromatic carbocycles. The zero-order valence-electron chi connectivity index (χ0n) is 17.0. The number of guanidine groups is 1. The Morgan fingerprint density at radius 3 is 2.46 bits per heavy atom. The Morgan fingerprint density at radius 1 is 1.19 bits per heavy atom. The largest absolute Gasteiger partial charge is 0.493 e.